The van der Waals surface area contributed by atoms with E-state index in [4.69, 9.17) is 0 Å². The van der Waals surface area contributed by atoms with E-state index in [0.29, 0.717) is 6.04 Å². The van der Waals surface area contributed by atoms with Gasteiger partial charge in [0.15, 0.2) is 0 Å². The fourth-order valence-corrected chi connectivity index (χ4v) is 1.12. The Morgan fingerprint density at radius 3 is 2.42 bits per heavy atom. The smallest absolute Gasteiger partial charge is 0.0999 e. The summed E-state index contributed by atoms with van der Waals surface area (Å²) in [6, 6.07) is 0.483. The molecular formula is C10H20N2. The Balaban J connectivity index is 4.39. The van der Waals surface area contributed by atoms with Crippen molar-refractivity contribution in [3.8, 4) is 0 Å². The van der Waals surface area contributed by atoms with E-state index in [0.717, 1.165) is 12.4 Å². The summed E-state index contributed by atoms with van der Waals surface area (Å²) in [5.41, 5.74) is 0. The summed E-state index contributed by atoms with van der Waals surface area (Å²) in [7, 11) is 0. The molecule has 0 heterocycles. The Hall–Kier alpha value is -0.790. The first-order valence-electron chi connectivity index (χ1n) is 4.55. The predicted molar refractivity (Wildman–Crippen MR) is 55.4 cm³/mol. The molecule has 0 N–H and O–H groups in total. The molecule has 2 heteroatoms. The lowest BCUT2D eigenvalue weighted by molar-refractivity contribution is 0.454. The van der Waals surface area contributed by atoms with Gasteiger partial charge in [-0.1, -0.05) is 6.08 Å². The summed E-state index contributed by atoms with van der Waals surface area (Å²) in [5, 5.41) is 0. The van der Waals surface area contributed by atoms with Crippen molar-refractivity contribution in [3.05, 3.63) is 12.3 Å². The molecule has 0 amide bonds. The molecule has 0 radical (unpaired) electrons. The summed E-state index contributed by atoms with van der Waals surface area (Å²) in [4.78, 5) is 6.53. The lowest BCUT2D eigenvalue weighted by Gasteiger charge is -2.24. The van der Waals surface area contributed by atoms with E-state index in [1.165, 1.54) is 0 Å². The van der Waals surface area contributed by atoms with E-state index in [-0.39, 0.29) is 0 Å². The molecule has 0 aromatic rings. The van der Waals surface area contributed by atoms with E-state index < -0.39 is 0 Å². The summed E-state index contributed by atoms with van der Waals surface area (Å²) in [6.07, 6.45) is 4.11. The normalized spacial score (nSPS) is 13.0. The van der Waals surface area contributed by atoms with Crippen molar-refractivity contribution in [3.63, 3.8) is 0 Å². The lowest BCUT2D eigenvalue weighted by atomic mass is 10.3. The molecule has 12 heavy (non-hydrogen) atoms. The monoisotopic (exact) mass is 168 g/mol. The zero-order valence-electron chi connectivity index (χ0n) is 8.83. The van der Waals surface area contributed by atoms with Crippen molar-refractivity contribution in [1.29, 1.82) is 0 Å². The van der Waals surface area contributed by atoms with Gasteiger partial charge in [0.25, 0.3) is 0 Å². The predicted octanol–water partition coefficient (Wildman–Crippen LogP) is 2.67. The van der Waals surface area contributed by atoms with Crippen LogP contribution in [0.1, 0.15) is 34.6 Å². The van der Waals surface area contributed by atoms with Crippen LogP contribution in [-0.2, 0) is 0 Å². The molecule has 0 aliphatic carbocycles. The molecule has 0 bridgehead atoms. The van der Waals surface area contributed by atoms with Crippen molar-refractivity contribution in [2.45, 2.75) is 40.7 Å². The number of allylic oxidation sites excluding steroid dienone is 1. The highest BCUT2D eigenvalue weighted by Gasteiger charge is 2.05. The van der Waals surface area contributed by atoms with Crippen LogP contribution in [-0.4, -0.2) is 23.3 Å². The SMILES string of the molecule is C/C=C/N(C(C)=NCC)C(C)C. The summed E-state index contributed by atoms with van der Waals surface area (Å²) >= 11 is 0. The molecule has 0 aromatic heterocycles. The van der Waals surface area contributed by atoms with Crippen LogP contribution in [0.15, 0.2) is 17.3 Å². The number of nitrogens with zero attached hydrogens (tertiary/aromatic N) is 2. The third-order valence-corrected chi connectivity index (χ3v) is 1.63. The lowest BCUT2D eigenvalue weighted by Crippen LogP contribution is -2.30. The maximum Gasteiger partial charge on any atom is 0.0999 e. The zero-order valence-corrected chi connectivity index (χ0v) is 8.83. The summed E-state index contributed by atoms with van der Waals surface area (Å²) in [6.45, 7) is 11.3. The van der Waals surface area contributed by atoms with Crippen LogP contribution in [0.5, 0.6) is 0 Å². The third kappa shape index (κ3) is 3.56. The third-order valence-electron chi connectivity index (χ3n) is 1.63. The van der Waals surface area contributed by atoms with Crippen molar-refractivity contribution in [2.75, 3.05) is 6.54 Å². The van der Waals surface area contributed by atoms with E-state index in [1.54, 1.807) is 0 Å². The minimum absolute atomic E-state index is 0.483. The summed E-state index contributed by atoms with van der Waals surface area (Å²) in [5.74, 6) is 1.09. The van der Waals surface area contributed by atoms with Crippen molar-refractivity contribution in [2.24, 2.45) is 4.99 Å². The van der Waals surface area contributed by atoms with Crippen LogP contribution < -0.4 is 0 Å². The Bertz CT molecular complexity index is 169. The van der Waals surface area contributed by atoms with E-state index in [2.05, 4.69) is 36.9 Å². The quantitative estimate of drug-likeness (QED) is 0.467. The molecule has 70 valence electrons. The van der Waals surface area contributed by atoms with Gasteiger partial charge in [-0.05, 0) is 34.6 Å². The fraction of sp³-hybridized carbons (Fsp3) is 0.700. The number of hydrogen-bond acceptors (Lipinski definition) is 1. The molecule has 0 aromatic carbocycles. The van der Waals surface area contributed by atoms with Gasteiger partial charge in [0, 0.05) is 18.8 Å². The first-order valence-corrected chi connectivity index (χ1v) is 4.55. The number of rotatable bonds is 3. The van der Waals surface area contributed by atoms with Crippen LogP contribution in [0.2, 0.25) is 0 Å². The van der Waals surface area contributed by atoms with E-state index in [1.807, 2.05) is 19.9 Å². The highest BCUT2D eigenvalue weighted by molar-refractivity contribution is 5.80. The van der Waals surface area contributed by atoms with E-state index in [9.17, 15) is 0 Å². The topological polar surface area (TPSA) is 15.6 Å². The molecule has 2 nitrogen and oxygen atoms in total. The molecule has 0 unspecified atom stereocenters. The number of hydrogen-bond donors (Lipinski definition) is 0. The Kier molecular flexibility index (Phi) is 5.43. The van der Waals surface area contributed by atoms with Crippen molar-refractivity contribution in [1.82, 2.24) is 4.90 Å². The summed E-state index contributed by atoms with van der Waals surface area (Å²) < 4.78 is 0. The Labute approximate surface area is 76.0 Å². The molecule has 0 fully saturated rings. The van der Waals surface area contributed by atoms with Gasteiger partial charge in [0.2, 0.25) is 0 Å². The molecular weight excluding hydrogens is 148 g/mol. The van der Waals surface area contributed by atoms with Crippen molar-refractivity contribution < 1.29 is 0 Å². The molecule has 0 rings (SSSR count). The second-order valence-corrected chi connectivity index (χ2v) is 3.00. The van der Waals surface area contributed by atoms with Gasteiger partial charge < -0.3 is 4.90 Å². The molecule has 0 saturated heterocycles. The Morgan fingerprint density at radius 2 is 2.08 bits per heavy atom. The standard InChI is InChI=1S/C10H20N2/c1-6-8-12(9(3)4)10(5)11-7-2/h6,8-9H,7H2,1-5H3/b8-6+,11-10?. The second-order valence-electron chi connectivity index (χ2n) is 3.00. The first-order chi connectivity index (χ1) is 5.63. The van der Waals surface area contributed by atoms with Gasteiger partial charge >= 0.3 is 0 Å². The fourth-order valence-electron chi connectivity index (χ4n) is 1.12. The molecule has 0 atom stereocenters. The maximum atomic E-state index is 4.36. The molecule has 0 aliphatic heterocycles. The minimum Gasteiger partial charge on any atom is -0.335 e. The van der Waals surface area contributed by atoms with Crippen LogP contribution in [0, 0.1) is 0 Å². The number of aliphatic imine (C=N–C) groups is 1. The van der Waals surface area contributed by atoms with Gasteiger partial charge in [-0.15, -0.1) is 0 Å². The molecule has 0 saturated carbocycles. The van der Waals surface area contributed by atoms with Crippen molar-refractivity contribution >= 4 is 5.84 Å². The number of amidine groups is 1. The average Bonchev–Trinajstić information content (AvgIpc) is 1.99. The van der Waals surface area contributed by atoms with Gasteiger partial charge in [-0.3, -0.25) is 4.99 Å². The van der Waals surface area contributed by atoms with Gasteiger partial charge in [0.05, 0.1) is 5.84 Å². The van der Waals surface area contributed by atoms with Gasteiger partial charge in [-0.25, -0.2) is 0 Å². The largest absolute Gasteiger partial charge is 0.335 e. The van der Waals surface area contributed by atoms with Crippen LogP contribution in [0.25, 0.3) is 0 Å². The molecule has 0 spiro atoms. The van der Waals surface area contributed by atoms with E-state index >= 15 is 0 Å². The highest BCUT2D eigenvalue weighted by atomic mass is 15.2. The molecule has 0 aliphatic rings. The Morgan fingerprint density at radius 1 is 1.50 bits per heavy atom. The first kappa shape index (κ1) is 11.2. The minimum atomic E-state index is 0.483. The second kappa shape index (κ2) is 5.81. The highest BCUT2D eigenvalue weighted by Crippen LogP contribution is 2.01. The zero-order chi connectivity index (χ0) is 9.56. The van der Waals surface area contributed by atoms with Gasteiger partial charge in [0.1, 0.15) is 0 Å². The van der Waals surface area contributed by atoms with Crippen LogP contribution >= 0.6 is 0 Å². The average molecular weight is 168 g/mol. The van der Waals surface area contributed by atoms with Crippen LogP contribution in [0.3, 0.4) is 0 Å². The van der Waals surface area contributed by atoms with Crippen LogP contribution in [0.4, 0.5) is 0 Å². The van der Waals surface area contributed by atoms with Gasteiger partial charge in [-0.2, -0.15) is 0 Å². The maximum absolute atomic E-state index is 4.36.